The van der Waals surface area contributed by atoms with Crippen LogP contribution in [0.2, 0.25) is 5.02 Å². The topological polar surface area (TPSA) is 65.0 Å². The second kappa shape index (κ2) is 8.75. The summed E-state index contributed by atoms with van der Waals surface area (Å²) in [4.78, 5) is 27.6. The lowest BCUT2D eigenvalue weighted by molar-refractivity contribution is -0.133. The van der Waals surface area contributed by atoms with Gasteiger partial charge in [-0.1, -0.05) is 35.9 Å². The summed E-state index contributed by atoms with van der Waals surface area (Å²) < 4.78 is 0. The van der Waals surface area contributed by atoms with Crippen molar-refractivity contribution in [2.24, 2.45) is 5.10 Å². The van der Waals surface area contributed by atoms with Gasteiger partial charge in [-0.2, -0.15) is 5.10 Å². The number of hydrogen-bond donors (Lipinski definition) is 1. The summed E-state index contributed by atoms with van der Waals surface area (Å²) in [5.74, 6) is -0.252. The molecule has 2 aromatic rings. The smallest absolute Gasteiger partial charge is 0.317 e. The molecule has 2 heterocycles. The molecule has 1 aromatic carbocycles. The van der Waals surface area contributed by atoms with Gasteiger partial charge < -0.3 is 10.2 Å². The summed E-state index contributed by atoms with van der Waals surface area (Å²) in [6.07, 6.45) is 0.581. The van der Waals surface area contributed by atoms with Crippen LogP contribution in [-0.2, 0) is 4.79 Å². The first-order valence-electron chi connectivity index (χ1n) is 9.06. The fraction of sp³-hybridized carbons (Fsp3) is 0.350. The number of halogens is 1. The Morgan fingerprint density at radius 3 is 2.71 bits per heavy atom. The number of hydrogen-bond acceptors (Lipinski definition) is 4. The standard InChI is InChI=1S/C20H23ClN4O2S/c1-13(2)22-20(27)24(3)12-19(26)25-17(14-7-4-5-8-15(14)21)11-16(23-25)18-9-6-10-28-18/h4-10,13,17H,11-12H2,1-3H3,(H,22,27)/t17-/m1/s1. The Balaban J connectivity index is 1.84. The first-order chi connectivity index (χ1) is 13.4. The number of nitrogens with one attached hydrogen (secondary N) is 1. The van der Waals surface area contributed by atoms with E-state index in [4.69, 9.17) is 11.6 Å². The van der Waals surface area contributed by atoms with Gasteiger partial charge in [-0.15, -0.1) is 11.3 Å². The quantitative estimate of drug-likeness (QED) is 0.793. The van der Waals surface area contributed by atoms with E-state index < -0.39 is 0 Å². The van der Waals surface area contributed by atoms with Crippen molar-refractivity contribution >= 4 is 40.6 Å². The van der Waals surface area contributed by atoms with Gasteiger partial charge in [0.15, 0.2) is 0 Å². The Kier molecular flexibility index (Phi) is 6.36. The van der Waals surface area contributed by atoms with E-state index in [1.54, 1.807) is 18.4 Å². The van der Waals surface area contributed by atoms with E-state index in [1.807, 2.05) is 55.6 Å². The molecular weight excluding hydrogens is 396 g/mol. The second-order valence-corrected chi connectivity index (χ2v) is 8.32. The Morgan fingerprint density at radius 1 is 1.32 bits per heavy atom. The van der Waals surface area contributed by atoms with Crippen LogP contribution in [0.15, 0.2) is 46.9 Å². The van der Waals surface area contributed by atoms with Crippen molar-refractivity contribution in [3.63, 3.8) is 0 Å². The van der Waals surface area contributed by atoms with Crippen LogP contribution in [0, 0.1) is 0 Å². The molecule has 6 nitrogen and oxygen atoms in total. The zero-order chi connectivity index (χ0) is 20.3. The van der Waals surface area contributed by atoms with Gasteiger partial charge in [-0.05, 0) is 36.9 Å². The molecular formula is C20H23ClN4O2S. The van der Waals surface area contributed by atoms with Gasteiger partial charge in [-0.3, -0.25) is 4.79 Å². The molecule has 148 valence electrons. The molecule has 0 saturated carbocycles. The normalized spacial score (nSPS) is 16.2. The molecule has 0 fully saturated rings. The summed E-state index contributed by atoms with van der Waals surface area (Å²) in [7, 11) is 1.60. The average molecular weight is 419 g/mol. The van der Waals surface area contributed by atoms with E-state index in [1.165, 1.54) is 9.91 Å². The zero-order valence-electron chi connectivity index (χ0n) is 16.1. The molecule has 0 radical (unpaired) electrons. The van der Waals surface area contributed by atoms with Gasteiger partial charge in [-0.25, -0.2) is 9.80 Å². The van der Waals surface area contributed by atoms with Gasteiger partial charge in [0.25, 0.3) is 5.91 Å². The van der Waals surface area contributed by atoms with Gasteiger partial charge in [0.05, 0.1) is 16.6 Å². The predicted molar refractivity (Wildman–Crippen MR) is 113 cm³/mol. The molecule has 0 unspecified atom stereocenters. The number of rotatable bonds is 5. The molecule has 1 aliphatic heterocycles. The van der Waals surface area contributed by atoms with Crippen LogP contribution < -0.4 is 5.32 Å². The first-order valence-corrected chi connectivity index (χ1v) is 10.3. The van der Waals surface area contributed by atoms with Crippen molar-refractivity contribution in [2.75, 3.05) is 13.6 Å². The van der Waals surface area contributed by atoms with E-state index in [0.717, 1.165) is 16.2 Å². The predicted octanol–water partition coefficient (Wildman–Crippen LogP) is 4.13. The molecule has 3 rings (SSSR count). The van der Waals surface area contributed by atoms with Crippen molar-refractivity contribution in [3.8, 4) is 0 Å². The fourth-order valence-electron chi connectivity index (χ4n) is 3.02. The third kappa shape index (κ3) is 4.54. The molecule has 8 heteroatoms. The number of thiophene rings is 1. The minimum atomic E-state index is -0.292. The molecule has 1 aromatic heterocycles. The van der Waals surface area contributed by atoms with Crippen LogP contribution in [0.4, 0.5) is 4.79 Å². The summed E-state index contributed by atoms with van der Waals surface area (Å²) >= 11 is 7.98. The number of urea groups is 1. The largest absolute Gasteiger partial charge is 0.336 e. The Bertz CT molecular complexity index is 882. The summed E-state index contributed by atoms with van der Waals surface area (Å²) in [6, 6.07) is 10.8. The van der Waals surface area contributed by atoms with Gasteiger partial charge in [0.2, 0.25) is 0 Å². The van der Waals surface area contributed by atoms with Crippen molar-refractivity contribution in [3.05, 3.63) is 57.2 Å². The lowest BCUT2D eigenvalue weighted by Crippen LogP contribution is -2.45. The van der Waals surface area contributed by atoms with E-state index >= 15 is 0 Å². The number of nitrogens with zero attached hydrogens (tertiary/aromatic N) is 3. The maximum atomic E-state index is 13.0. The first kappa shape index (κ1) is 20.4. The SMILES string of the molecule is CC(C)NC(=O)N(C)CC(=O)N1N=C(c2cccs2)C[C@@H]1c1ccccc1Cl. The Morgan fingerprint density at radius 2 is 2.07 bits per heavy atom. The fourth-order valence-corrected chi connectivity index (χ4v) is 4.01. The number of amides is 3. The summed E-state index contributed by atoms with van der Waals surface area (Å²) in [6.45, 7) is 3.68. The molecule has 0 bridgehead atoms. The van der Waals surface area contributed by atoms with Crippen LogP contribution in [0.3, 0.4) is 0 Å². The second-order valence-electron chi connectivity index (χ2n) is 6.96. The van der Waals surface area contributed by atoms with E-state index in [-0.39, 0.29) is 30.6 Å². The number of carbonyl (C=O) groups excluding carboxylic acids is 2. The monoisotopic (exact) mass is 418 g/mol. The van der Waals surface area contributed by atoms with Crippen LogP contribution in [-0.4, -0.2) is 47.2 Å². The molecule has 0 saturated heterocycles. The minimum Gasteiger partial charge on any atom is -0.336 e. The number of benzene rings is 1. The van der Waals surface area contributed by atoms with Crippen LogP contribution in [0.5, 0.6) is 0 Å². The van der Waals surface area contributed by atoms with Crippen LogP contribution >= 0.6 is 22.9 Å². The maximum Gasteiger partial charge on any atom is 0.317 e. The highest BCUT2D eigenvalue weighted by atomic mass is 35.5. The highest BCUT2D eigenvalue weighted by Gasteiger charge is 2.35. The van der Waals surface area contributed by atoms with Crippen molar-refractivity contribution in [1.82, 2.24) is 15.2 Å². The summed E-state index contributed by atoms with van der Waals surface area (Å²) in [5, 5.41) is 11.4. The Labute approximate surface area is 173 Å². The molecule has 1 N–H and O–H groups in total. The maximum absolute atomic E-state index is 13.0. The number of carbonyl (C=O) groups is 2. The molecule has 3 amide bonds. The zero-order valence-corrected chi connectivity index (χ0v) is 17.6. The van der Waals surface area contributed by atoms with Gasteiger partial charge >= 0.3 is 6.03 Å². The molecule has 1 atom stereocenters. The third-order valence-electron chi connectivity index (χ3n) is 4.37. The van der Waals surface area contributed by atoms with E-state index in [2.05, 4.69) is 10.4 Å². The third-order valence-corrected chi connectivity index (χ3v) is 5.63. The molecule has 28 heavy (non-hydrogen) atoms. The molecule has 1 aliphatic rings. The van der Waals surface area contributed by atoms with Crippen LogP contribution in [0.1, 0.15) is 36.8 Å². The van der Waals surface area contributed by atoms with Crippen LogP contribution in [0.25, 0.3) is 0 Å². The average Bonchev–Trinajstić information content (AvgIpc) is 3.31. The van der Waals surface area contributed by atoms with Crippen molar-refractivity contribution in [1.29, 1.82) is 0 Å². The minimum absolute atomic E-state index is 0.00355. The highest BCUT2D eigenvalue weighted by molar-refractivity contribution is 7.12. The van der Waals surface area contributed by atoms with Crippen molar-refractivity contribution < 1.29 is 9.59 Å². The number of likely N-dealkylation sites (N-methyl/N-ethyl adjacent to an activating group) is 1. The van der Waals surface area contributed by atoms with E-state index in [0.29, 0.717) is 11.4 Å². The molecule has 0 spiro atoms. The van der Waals surface area contributed by atoms with E-state index in [9.17, 15) is 9.59 Å². The van der Waals surface area contributed by atoms with Gasteiger partial charge in [0.1, 0.15) is 6.54 Å². The summed E-state index contributed by atoms with van der Waals surface area (Å²) in [5.41, 5.74) is 1.70. The van der Waals surface area contributed by atoms with Gasteiger partial charge in [0, 0.05) is 24.5 Å². The lowest BCUT2D eigenvalue weighted by Gasteiger charge is -2.26. The van der Waals surface area contributed by atoms with Crippen molar-refractivity contribution in [2.45, 2.75) is 32.4 Å². The Hall–Kier alpha value is -2.38. The molecule has 0 aliphatic carbocycles. The highest BCUT2D eigenvalue weighted by Crippen LogP contribution is 2.36. The lowest BCUT2D eigenvalue weighted by atomic mass is 10.0. The number of hydrazone groups is 1.